The van der Waals surface area contributed by atoms with Crippen molar-refractivity contribution in [2.75, 3.05) is 34.3 Å². The molecular weight excluding hydrogens is 298 g/mol. The number of amides is 1. The van der Waals surface area contributed by atoms with Crippen LogP contribution in [-0.2, 0) is 9.63 Å². The van der Waals surface area contributed by atoms with Crippen molar-refractivity contribution in [3.8, 4) is 0 Å². The minimum absolute atomic E-state index is 0.211. The van der Waals surface area contributed by atoms with Gasteiger partial charge >= 0.3 is 0 Å². The van der Waals surface area contributed by atoms with Crippen LogP contribution in [0.25, 0.3) is 6.08 Å². The quantitative estimate of drug-likeness (QED) is 0.474. The molecule has 0 aliphatic carbocycles. The summed E-state index contributed by atoms with van der Waals surface area (Å²) in [5.41, 5.74) is 4.18. The van der Waals surface area contributed by atoms with Gasteiger partial charge in [-0.1, -0.05) is 18.2 Å². The number of unbranched alkanes of at least 4 members (excludes halogenated alkanes) is 1. The first-order valence-corrected chi connectivity index (χ1v) is 8.14. The zero-order valence-corrected chi connectivity index (χ0v) is 14.2. The molecule has 0 saturated heterocycles. The molecule has 1 aromatic carbocycles. The van der Waals surface area contributed by atoms with Gasteiger partial charge in [-0.05, 0) is 63.1 Å². The summed E-state index contributed by atoms with van der Waals surface area (Å²) >= 11 is 1.54. The zero-order chi connectivity index (χ0) is 15.9. The van der Waals surface area contributed by atoms with E-state index in [1.165, 1.54) is 0 Å². The summed E-state index contributed by atoms with van der Waals surface area (Å²) in [4.78, 5) is 20.7. The average molecular weight is 321 g/mol. The second kappa shape index (κ2) is 8.22. The molecule has 1 amide bonds. The molecule has 22 heavy (non-hydrogen) atoms. The minimum atomic E-state index is -0.211. The van der Waals surface area contributed by atoms with Gasteiger partial charge in [0.25, 0.3) is 5.91 Å². The third kappa shape index (κ3) is 4.76. The molecule has 0 radical (unpaired) electrons. The molecule has 6 heteroatoms. The highest BCUT2D eigenvalue weighted by Crippen LogP contribution is 2.34. The van der Waals surface area contributed by atoms with Crippen molar-refractivity contribution in [2.45, 2.75) is 17.7 Å². The molecule has 2 rings (SSSR count). The maximum atomic E-state index is 12.2. The molecule has 0 spiro atoms. The number of rotatable bonds is 7. The lowest BCUT2D eigenvalue weighted by molar-refractivity contribution is -0.130. The Labute approximate surface area is 136 Å². The number of carbonyl (C=O) groups is 1. The third-order valence-electron chi connectivity index (χ3n) is 3.28. The minimum Gasteiger partial charge on any atom is -0.310 e. The van der Waals surface area contributed by atoms with Gasteiger partial charge in [0.2, 0.25) is 0 Å². The zero-order valence-electron chi connectivity index (χ0n) is 13.3. The van der Waals surface area contributed by atoms with Gasteiger partial charge in [-0.2, -0.15) is 0 Å². The summed E-state index contributed by atoms with van der Waals surface area (Å²) in [6.07, 6.45) is 3.86. The number of hydrogen-bond donors (Lipinski definition) is 1. The van der Waals surface area contributed by atoms with E-state index in [0.29, 0.717) is 12.3 Å². The van der Waals surface area contributed by atoms with Gasteiger partial charge < -0.3 is 9.21 Å². The Kier molecular flexibility index (Phi) is 6.30. The van der Waals surface area contributed by atoms with E-state index in [-0.39, 0.29) is 5.91 Å². The van der Waals surface area contributed by atoms with Crippen molar-refractivity contribution < 1.29 is 9.63 Å². The summed E-state index contributed by atoms with van der Waals surface area (Å²) < 4.78 is 1.85. The van der Waals surface area contributed by atoms with E-state index < -0.39 is 0 Å². The van der Waals surface area contributed by atoms with Gasteiger partial charge in [0.15, 0.2) is 0 Å². The summed E-state index contributed by atoms with van der Waals surface area (Å²) in [6.45, 7) is 1.55. The Morgan fingerprint density at radius 3 is 2.86 bits per heavy atom. The largest absolute Gasteiger partial charge is 0.310 e. The Morgan fingerprint density at radius 2 is 2.09 bits per heavy atom. The van der Waals surface area contributed by atoms with E-state index in [0.717, 1.165) is 29.8 Å². The first-order chi connectivity index (χ1) is 10.6. The molecule has 1 aromatic rings. The Bertz CT molecular complexity index is 546. The number of fused-ring (bicyclic) bond motifs is 1. The lowest BCUT2D eigenvalue weighted by Gasteiger charge is -2.25. The van der Waals surface area contributed by atoms with E-state index in [4.69, 9.17) is 4.84 Å². The number of hydroxylamine groups is 1. The fourth-order valence-corrected chi connectivity index (χ4v) is 3.00. The SMILES string of the molecule is CN(C)CCCCONC(=O)C1=Cc2ccccc2SN1C. The van der Waals surface area contributed by atoms with Crippen LogP contribution in [0.15, 0.2) is 34.9 Å². The monoisotopic (exact) mass is 321 g/mol. The Hall–Kier alpha value is -1.50. The number of nitrogens with one attached hydrogen (secondary N) is 1. The van der Waals surface area contributed by atoms with Crippen LogP contribution >= 0.6 is 11.9 Å². The van der Waals surface area contributed by atoms with Crippen LogP contribution < -0.4 is 5.48 Å². The lowest BCUT2D eigenvalue weighted by Crippen LogP contribution is -2.31. The third-order valence-corrected chi connectivity index (χ3v) is 4.32. The maximum absolute atomic E-state index is 12.2. The second-order valence-electron chi connectivity index (χ2n) is 5.45. The van der Waals surface area contributed by atoms with Crippen LogP contribution in [0.3, 0.4) is 0 Å². The predicted octanol–water partition coefficient (Wildman–Crippen LogP) is 2.37. The van der Waals surface area contributed by atoms with E-state index in [9.17, 15) is 4.79 Å². The highest BCUT2D eigenvalue weighted by molar-refractivity contribution is 7.97. The molecule has 0 saturated carbocycles. The standard InChI is InChI=1S/C16H23N3O2S/c1-18(2)10-6-7-11-21-17-16(20)14-12-13-8-4-5-9-15(13)22-19(14)3/h4-5,8-9,12H,6-7,10-11H2,1-3H3,(H,17,20). The van der Waals surface area contributed by atoms with Crippen molar-refractivity contribution in [1.82, 2.24) is 14.7 Å². The van der Waals surface area contributed by atoms with Gasteiger partial charge in [-0.15, -0.1) is 0 Å². The van der Waals surface area contributed by atoms with Crippen LogP contribution in [0.4, 0.5) is 0 Å². The van der Waals surface area contributed by atoms with Crippen molar-refractivity contribution in [2.24, 2.45) is 0 Å². The van der Waals surface area contributed by atoms with Gasteiger partial charge in [0.05, 0.1) is 6.61 Å². The van der Waals surface area contributed by atoms with Crippen LogP contribution in [0, 0.1) is 0 Å². The molecule has 0 bridgehead atoms. The average Bonchev–Trinajstić information content (AvgIpc) is 2.49. The molecule has 1 aliphatic rings. The van der Waals surface area contributed by atoms with E-state index in [1.54, 1.807) is 11.9 Å². The van der Waals surface area contributed by atoms with E-state index in [2.05, 4.69) is 10.4 Å². The van der Waals surface area contributed by atoms with Gasteiger partial charge in [-0.25, -0.2) is 5.48 Å². The molecule has 0 fully saturated rings. The summed E-state index contributed by atoms with van der Waals surface area (Å²) in [6, 6.07) is 8.01. The first kappa shape index (κ1) is 16.9. The normalized spacial score (nSPS) is 13.8. The molecule has 120 valence electrons. The molecule has 1 heterocycles. The van der Waals surface area contributed by atoms with Crippen LogP contribution in [0.1, 0.15) is 18.4 Å². The number of benzene rings is 1. The molecule has 0 aromatic heterocycles. The van der Waals surface area contributed by atoms with Gasteiger partial charge in [0.1, 0.15) is 5.70 Å². The van der Waals surface area contributed by atoms with Crippen molar-refractivity contribution in [3.63, 3.8) is 0 Å². The topological polar surface area (TPSA) is 44.8 Å². The van der Waals surface area contributed by atoms with E-state index >= 15 is 0 Å². The molecule has 1 N–H and O–H groups in total. The van der Waals surface area contributed by atoms with Crippen LogP contribution in [-0.4, -0.2) is 49.4 Å². The second-order valence-corrected chi connectivity index (χ2v) is 6.62. The van der Waals surface area contributed by atoms with Crippen LogP contribution in [0.5, 0.6) is 0 Å². The number of hydrogen-bond acceptors (Lipinski definition) is 5. The molecule has 0 unspecified atom stereocenters. The maximum Gasteiger partial charge on any atom is 0.291 e. The van der Waals surface area contributed by atoms with Crippen molar-refractivity contribution >= 4 is 23.9 Å². The lowest BCUT2D eigenvalue weighted by atomic mass is 10.2. The smallest absolute Gasteiger partial charge is 0.291 e. The van der Waals surface area contributed by atoms with E-state index in [1.807, 2.05) is 55.8 Å². The molecule has 5 nitrogen and oxygen atoms in total. The number of carbonyl (C=O) groups excluding carboxylic acids is 1. The first-order valence-electron chi connectivity index (χ1n) is 7.37. The highest BCUT2D eigenvalue weighted by Gasteiger charge is 2.21. The molecule has 1 aliphatic heterocycles. The predicted molar refractivity (Wildman–Crippen MR) is 89.9 cm³/mol. The number of nitrogens with zero attached hydrogens (tertiary/aromatic N) is 2. The summed E-state index contributed by atoms with van der Waals surface area (Å²) in [5, 5.41) is 0. The summed E-state index contributed by atoms with van der Waals surface area (Å²) in [5.74, 6) is -0.211. The van der Waals surface area contributed by atoms with Crippen LogP contribution in [0.2, 0.25) is 0 Å². The summed E-state index contributed by atoms with van der Waals surface area (Å²) in [7, 11) is 5.97. The van der Waals surface area contributed by atoms with Crippen molar-refractivity contribution in [1.29, 1.82) is 0 Å². The fraction of sp³-hybridized carbons (Fsp3) is 0.438. The number of likely N-dealkylation sites (N-methyl/N-ethyl adjacent to an activating group) is 1. The van der Waals surface area contributed by atoms with Crippen molar-refractivity contribution in [3.05, 3.63) is 35.5 Å². The molecule has 0 atom stereocenters. The Balaban J connectivity index is 1.81. The molecular formula is C16H23N3O2S. The van der Waals surface area contributed by atoms with Gasteiger partial charge in [-0.3, -0.25) is 9.63 Å². The fourth-order valence-electron chi connectivity index (χ4n) is 2.10. The Morgan fingerprint density at radius 1 is 1.32 bits per heavy atom. The highest BCUT2D eigenvalue weighted by atomic mass is 32.2. The van der Waals surface area contributed by atoms with Gasteiger partial charge in [0, 0.05) is 11.9 Å².